The Morgan fingerprint density at radius 1 is 0.577 bits per heavy atom. The summed E-state index contributed by atoms with van der Waals surface area (Å²) in [5.74, 6) is 4.85. The van der Waals surface area contributed by atoms with Gasteiger partial charge in [0.05, 0.1) is 26.4 Å². The van der Waals surface area contributed by atoms with Gasteiger partial charge in [0, 0.05) is 39.3 Å². The Hall–Kier alpha value is -0.240. The van der Waals surface area contributed by atoms with Gasteiger partial charge >= 0.3 is 0 Å². The minimum absolute atomic E-state index is 0.165. The molecule has 6 nitrogen and oxygen atoms in total. The molecule has 6 heteroatoms. The molecule has 0 amide bonds. The summed E-state index contributed by atoms with van der Waals surface area (Å²) in [6.07, 6.45) is 5.33. The summed E-state index contributed by atoms with van der Waals surface area (Å²) in [6, 6.07) is 0. The van der Waals surface area contributed by atoms with E-state index in [1.807, 2.05) is 0 Å². The third-order valence-electron chi connectivity index (χ3n) is 7.38. The molecule has 0 saturated heterocycles. The minimum atomic E-state index is 0.165. The van der Waals surface area contributed by atoms with Crippen molar-refractivity contribution in [3.63, 3.8) is 0 Å². The molecule has 3 fully saturated rings. The van der Waals surface area contributed by atoms with E-state index in [0.717, 1.165) is 42.7 Å². The lowest BCUT2D eigenvalue weighted by atomic mass is 9.75. The maximum absolute atomic E-state index is 9.26. The number of aliphatic hydroxyl groups excluding tert-OH is 4. The first-order valence-corrected chi connectivity index (χ1v) is 10.6. The lowest BCUT2D eigenvalue weighted by molar-refractivity contribution is 0.104. The van der Waals surface area contributed by atoms with Gasteiger partial charge < -0.3 is 20.4 Å². The molecule has 0 radical (unpaired) electrons. The van der Waals surface area contributed by atoms with Gasteiger partial charge in [-0.1, -0.05) is 0 Å². The molecule has 0 aliphatic heterocycles. The molecule has 0 aromatic rings. The van der Waals surface area contributed by atoms with Crippen LogP contribution in [0, 0.1) is 35.5 Å². The largest absolute Gasteiger partial charge is 0.395 e. The van der Waals surface area contributed by atoms with Gasteiger partial charge in [-0.3, -0.25) is 9.80 Å². The molecule has 3 aliphatic rings. The fourth-order valence-corrected chi connectivity index (χ4v) is 6.54. The molecule has 152 valence electrons. The van der Waals surface area contributed by atoms with Gasteiger partial charge in [-0.2, -0.15) is 0 Å². The number of aliphatic hydroxyl groups is 4. The highest BCUT2D eigenvalue weighted by Gasteiger charge is 2.55. The average molecular weight is 371 g/mol. The van der Waals surface area contributed by atoms with Gasteiger partial charge in [0.25, 0.3) is 0 Å². The van der Waals surface area contributed by atoms with Gasteiger partial charge in [-0.15, -0.1) is 0 Å². The molecule has 3 saturated carbocycles. The first-order valence-electron chi connectivity index (χ1n) is 10.6. The van der Waals surface area contributed by atoms with Crippen LogP contribution in [0.15, 0.2) is 0 Å². The van der Waals surface area contributed by atoms with Crippen molar-refractivity contribution in [2.24, 2.45) is 35.5 Å². The van der Waals surface area contributed by atoms with Gasteiger partial charge in [0.2, 0.25) is 0 Å². The molecule has 0 aromatic carbocycles. The maximum atomic E-state index is 9.26. The second kappa shape index (κ2) is 9.80. The van der Waals surface area contributed by atoms with Gasteiger partial charge in [-0.25, -0.2) is 0 Å². The first-order chi connectivity index (χ1) is 12.7. The SMILES string of the molecule is OCCN(CCO)CC1CC2C3CC(CN(CCO)CCO)C(C3)C2C1. The van der Waals surface area contributed by atoms with E-state index < -0.39 is 0 Å². The highest BCUT2D eigenvalue weighted by atomic mass is 16.3. The van der Waals surface area contributed by atoms with Crippen LogP contribution < -0.4 is 0 Å². The van der Waals surface area contributed by atoms with E-state index in [1.54, 1.807) is 0 Å². The Kier molecular flexibility index (Phi) is 7.73. The van der Waals surface area contributed by atoms with Crippen LogP contribution in [-0.2, 0) is 0 Å². The lowest BCUT2D eigenvalue weighted by Gasteiger charge is -2.34. The zero-order valence-corrected chi connectivity index (χ0v) is 16.0. The highest BCUT2D eigenvalue weighted by Crippen LogP contribution is 2.62. The van der Waals surface area contributed by atoms with Crippen molar-refractivity contribution in [2.75, 3.05) is 65.7 Å². The normalized spacial score (nSPS) is 35.8. The Bertz CT molecular complexity index is 413. The van der Waals surface area contributed by atoms with Crippen LogP contribution in [0.4, 0.5) is 0 Å². The van der Waals surface area contributed by atoms with E-state index in [9.17, 15) is 20.4 Å². The number of rotatable bonds is 12. The molecule has 3 rings (SSSR count). The van der Waals surface area contributed by atoms with E-state index in [1.165, 1.54) is 25.7 Å². The molecular formula is C20H38N2O4. The van der Waals surface area contributed by atoms with E-state index in [4.69, 9.17) is 0 Å². The van der Waals surface area contributed by atoms with E-state index in [-0.39, 0.29) is 26.4 Å². The Balaban J connectivity index is 1.53. The van der Waals surface area contributed by atoms with Crippen LogP contribution in [0.1, 0.15) is 25.7 Å². The molecule has 0 aromatic heterocycles. The van der Waals surface area contributed by atoms with E-state index in [0.29, 0.717) is 32.1 Å². The van der Waals surface area contributed by atoms with Crippen molar-refractivity contribution in [1.82, 2.24) is 9.80 Å². The van der Waals surface area contributed by atoms with Crippen LogP contribution >= 0.6 is 0 Å². The maximum Gasteiger partial charge on any atom is 0.0558 e. The third-order valence-corrected chi connectivity index (χ3v) is 7.38. The standard InChI is InChI=1S/C20H38N2O4/c23-5-1-21(2-6-24)13-15-9-18-16-11-17(19(12-16)20(18)10-15)14-22(3-7-25)4-8-26/h15-20,23-26H,1-14H2. The number of nitrogens with zero attached hydrogens (tertiary/aromatic N) is 2. The molecular weight excluding hydrogens is 332 g/mol. The predicted molar refractivity (Wildman–Crippen MR) is 101 cm³/mol. The molecule has 3 aliphatic carbocycles. The molecule has 6 atom stereocenters. The van der Waals surface area contributed by atoms with Gasteiger partial charge in [-0.05, 0) is 61.2 Å². The third kappa shape index (κ3) is 4.59. The van der Waals surface area contributed by atoms with Crippen LogP contribution in [0.5, 0.6) is 0 Å². The zero-order chi connectivity index (χ0) is 18.5. The molecule has 0 spiro atoms. The number of hydrogen-bond acceptors (Lipinski definition) is 6. The summed E-state index contributed by atoms with van der Waals surface area (Å²) in [7, 11) is 0. The van der Waals surface area contributed by atoms with Crippen molar-refractivity contribution in [3.8, 4) is 0 Å². The minimum Gasteiger partial charge on any atom is -0.395 e. The van der Waals surface area contributed by atoms with Crippen molar-refractivity contribution >= 4 is 0 Å². The highest BCUT2D eigenvalue weighted by molar-refractivity contribution is 5.05. The summed E-state index contributed by atoms with van der Waals surface area (Å²) >= 11 is 0. The Labute approximate surface area is 157 Å². The Morgan fingerprint density at radius 2 is 1.12 bits per heavy atom. The molecule has 0 heterocycles. The summed E-state index contributed by atoms with van der Waals surface area (Å²) in [5.41, 5.74) is 0. The van der Waals surface area contributed by atoms with E-state index >= 15 is 0 Å². The van der Waals surface area contributed by atoms with E-state index in [2.05, 4.69) is 9.80 Å². The monoisotopic (exact) mass is 370 g/mol. The predicted octanol–water partition coefficient (Wildman–Crippen LogP) is -0.142. The van der Waals surface area contributed by atoms with Crippen molar-refractivity contribution in [1.29, 1.82) is 0 Å². The summed E-state index contributed by atoms with van der Waals surface area (Å²) in [6.45, 7) is 5.37. The summed E-state index contributed by atoms with van der Waals surface area (Å²) < 4.78 is 0. The first kappa shape index (κ1) is 20.5. The van der Waals surface area contributed by atoms with Crippen molar-refractivity contribution in [3.05, 3.63) is 0 Å². The van der Waals surface area contributed by atoms with Crippen LogP contribution in [0.3, 0.4) is 0 Å². The van der Waals surface area contributed by atoms with Gasteiger partial charge in [0.15, 0.2) is 0 Å². The second-order valence-electron chi connectivity index (χ2n) is 8.82. The van der Waals surface area contributed by atoms with Crippen LogP contribution in [-0.4, -0.2) is 95.9 Å². The topological polar surface area (TPSA) is 87.4 Å². The van der Waals surface area contributed by atoms with Crippen LogP contribution in [0.25, 0.3) is 0 Å². The number of hydrogen-bond donors (Lipinski definition) is 4. The van der Waals surface area contributed by atoms with Crippen molar-refractivity contribution < 1.29 is 20.4 Å². The zero-order valence-electron chi connectivity index (χ0n) is 16.0. The quantitative estimate of drug-likeness (QED) is 0.382. The van der Waals surface area contributed by atoms with Crippen molar-refractivity contribution in [2.45, 2.75) is 25.7 Å². The average Bonchev–Trinajstić information content (AvgIpc) is 3.27. The summed E-state index contributed by atoms with van der Waals surface area (Å²) in [5, 5.41) is 37.0. The molecule has 4 N–H and O–H groups in total. The lowest BCUT2D eigenvalue weighted by Crippen LogP contribution is -2.38. The molecule has 6 unspecified atom stereocenters. The second-order valence-corrected chi connectivity index (χ2v) is 8.82. The summed E-state index contributed by atoms with van der Waals surface area (Å²) in [4.78, 5) is 4.45. The smallest absolute Gasteiger partial charge is 0.0558 e. The fourth-order valence-electron chi connectivity index (χ4n) is 6.54. The fraction of sp³-hybridized carbons (Fsp3) is 1.00. The molecule has 2 bridgehead atoms. The van der Waals surface area contributed by atoms with Gasteiger partial charge in [0.1, 0.15) is 0 Å². The van der Waals surface area contributed by atoms with Crippen LogP contribution in [0.2, 0.25) is 0 Å². The molecule has 26 heavy (non-hydrogen) atoms. The Morgan fingerprint density at radius 3 is 1.69 bits per heavy atom. The number of fused-ring (bicyclic) bond motifs is 5.